The summed E-state index contributed by atoms with van der Waals surface area (Å²) in [5.41, 5.74) is 2.45. The van der Waals surface area contributed by atoms with Gasteiger partial charge in [0.2, 0.25) is 0 Å². The van der Waals surface area contributed by atoms with E-state index in [1.165, 1.54) is 25.3 Å². The standard InChI is InChI=1S/C16H12FNO3/c1-21-15-6-9(2-4-12(15)16(19)20)13-8-18-14-7-10(17)3-5-11(13)14/h2-8,18H,1H3,(H,19,20). The monoisotopic (exact) mass is 285 g/mol. The van der Waals surface area contributed by atoms with Gasteiger partial charge in [-0.05, 0) is 35.9 Å². The minimum Gasteiger partial charge on any atom is -0.496 e. The van der Waals surface area contributed by atoms with Crippen LogP contribution in [0.5, 0.6) is 5.75 Å². The number of carbonyl (C=O) groups is 1. The Labute approximate surface area is 119 Å². The molecule has 1 heterocycles. The number of rotatable bonds is 3. The summed E-state index contributed by atoms with van der Waals surface area (Å²) >= 11 is 0. The lowest BCUT2D eigenvalue weighted by molar-refractivity contribution is 0.0693. The lowest BCUT2D eigenvalue weighted by atomic mass is 10.0. The number of aromatic amines is 1. The Bertz CT molecular complexity index is 839. The predicted molar refractivity (Wildman–Crippen MR) is 77.2 cm³/mol. The maximum atomic E-state index is 13.2. The average molecular weight is 285 g/mol. The van der Waals surface area contributed by atoms with Gasteiger partial charge in [-0.2, -0.15) is 0 Å². The fourth-order valence-electron chi connectivity index (χ4n) is 2.37. The number of hydrogen-bond acceptors (Lipinski definition) is 2. The first-order chi connectivity index (χ1) is 10.1. The van der Waals surface area contributed by atoms with Gasteiger partial charge in [0, 0.05) is 22.7 Å². The Morgan fingerprint density at radius 1 is 1.24 bits per heavy atom. The molecule has 3 aromatic rings. The molecule has 0 unspecified atom stereocenters. The Balaban J connectivity index is 2.16. The average Bonchev–Trinajstić information content (AvgIpc) is 2.89. The van der Waals surface area contributed by atoms with E-state index < -0.39 is 5.97 Å². The Hall–Kier alpha value is -2.82. The first-order valence-corrected chi connectivity index (χ1v) is 6.28. The van der Waals surface area contributed by atoms with Crippen molar-refractivity contribution in [2.75, 3.05) is 7.11 Å². The third-order valence-electron chi connectivity index (χ3n) is 3.39. The molecule has 5 heteroatoms. The molecule has 0 aliphatic heterocycles. The fourth-order valence-corrected chi connectivity index (χ4v) is 2.37. The molecule has 0 aliphatic rings. The van der Waals surface area contributed by atoms with E-state index >= 15 is 0 Å². The summed E-state index contributed by atoms with van der Waals surface area (Å²) in [6, 6.07) is 9.37. The van der Waals surface area contributed by atoms with Crippen LogP contribution in [0.3, 0.4) is 0 Å². The molecule has 3 rings (SSSR count). The third-order valence-corrected chi connectivity index (χ3v) is 3.39. The van der Waals surface area contributed by atoms with E-state index in [4.69, 9.17) is 9.84 Å². The Morgan fingerprint density at radius 3 is 2.76 bits per heavy atom. The summed E-state index contributed by atoms with van der Waals surface area (Å²) in [6.45, 7) is 0. The number of aromatic carboxylic acids is 1. The van der Waals surface area contributed by atoms with Gasteiger partial charge in [0.05, 0.1) is 7.11 Å². The van der Waals surface area contributed by atoms with Crippen LogP contribution in [-0.4, -0.2) is 23.2 Å². The molecule has 0 atom stereocenters. The Kier molecular flexibility index (Phi) is 3.10. The van der Waals surface area contributed by atoms with Gasteiger partial charge in [-0.3, -0.25) is 0 Å². The molecule has 0 bridgehead atoms. The molecule has 0 fully saturated rings. The fraction of sp³-hybridized carbons (Fsp3) is 0.0625. The number of methoxy groups -OCH3 is 1. The van der Waals surface area contributed by atoms with E-state index in [0.717, 1.165) is 16.5 Å². The highest BCUT2D eigenvalue weighted by molar-refractivity contribution is 5.97. The molecular formula is C16H12FNO3. The summed E-state index contributed by atoms with van der Waals surface area (Å²) in [4.78, 5) is 14.1. The smallest absolute Gasteiger partial charge is 0.339 e. The highest BCUT2D eigenvalue weighted by atomic mass is 19.1. The normalized spacial score (nSPS) is 10.8. The Morgan fingerprint density at radius 2 is 2.05 bits per heavy atom. The number of benzene rings is 2. The van der Waals surface area contributed by atoms with E-state index in [1.54, 1.807) is 24.4 Å². The van der Waals surface area contributed by atoms with Crippen LogP contribution < -0.4 is 4.74 Å². The van der Waals surface area contributed by atoms with Crippen LogP contribution in [0.15, 0.2) is 42.6 Å². The van der Waals surface area contributed by atoms with Gasteiger partial charge in [-0.15, -0.1) is 0 Å². The van der Waals surface area contributed by atoms with Crippen molar-refractivity contribution < 1.29 is 19.0 Å². The molecule has 0 saturated heterocycles. The molecule has 0 radical (unpaired) electrons. The molecule has 106 valence electrons. The van der Waals surface area contributed by atoms with Crippen LogP contribution in [0.2, 0.25) is 0 Å². The SMILES string of the molecule is COc1cc(-c2c[nH]c3cc(F)ccc23)ccc1C(=O)O. The summed E-state index contributed by atoms with van der Waals surface area (Å²) in [5.74, 6) is -1.06. The zero-order chi connectivity index (χ0) is 15.0. The van der Waals surface area contributed by atoms with Crippen molar-refractivity contribution in [1.82, 2.24) is 4.98 Å². The largest absolute Gasteiger partial charge is 0.496 e. The van der Waals surface area contributed by atoms with Crippen LogP contribution in [0.1, 0.15) is 10.4 Å². The first kappa shape index (κ1) is 13.2. The summed E-state index contributed by atoms with van der Waals surface area (Å²) < 4.78 is 18.3. The van der Waals surface area contributed by atoms with Gasteiger partial charge in [0.1, 0.15) is 17.1 Å². The van der Waals surface area contributed by atoms with Crippen LogP contribution in [0, 0.1) is 5.82 Å². The molecular weight excluding hydrogens is 273 g/mol. The second-order valence-electron chi connectivity index (χ2n) is 4.61. The number of fused-ring (bicyclic) bond motifs is 1. The van der Waals surface area contributed by atoms with E-state index in [0.29, 0.717) is 5.52 Å². The maximum Gasteiger partial charge on any atom is 0.339 e. The van der Waals surface area contributed by atoms with Gasteiger partial charge >= 0.3 is 5.97 Å². The quantitative estimate of drug-likeness (QED) is 0.771. The first-order valence-electron chi connectivity index (χ1n) is 6.28. The van der Waals surface area contributed by atoms with E-state index in [1.807, 2.05) is 0 Å². The number of hydrogen-bond donors (Lipinski definition) is 2. The predicted octanol–water partition coefficient (Wildman–Crippen LogP) is 3.68. The molecule has 0 spiro atoms. The topological polar surface area (TPSA) is 62.3 Å². The van der Waals surface area contributed by atoms with Crippen molar-refractivity contribution in [1.29, 1.82) is 0 Å². The van der Waals surface area contributed by atoms with Crippen molar-refractivity contribution in [2.45, 2.75) is 0 Å². The van der Waals surface area contributed by atoms with Gasteiger partial charge in [-0.25, -0.2) is 9.18 Å². The van der Waals surface area contributed by atoms with Crippen molar-refractivity contribution in [3.63, 3.8) is 0 Å². The number of ether oxygens (including phenoxy) is 1. The highest BCUT2D eigenvalue weighted by Crippen LogP contribution is 2.32. The molecule has 0 amide bonds. The summed E-state index contributed by atoms with van der Waals surface area (Å²) in [5, 5.41) is 9.96. The van der Waals surface area contributed by atoms with Crippen molar-refractivity contribution in [3.8, 4) is 16.9 Å². The van der Waals surface area contributed by atoms with Crippen molar-refractivity contribution >= 4 is 16.9 Å². The number of aromatic nitrogens is 1. The van der Waals surface area contributed by atoms with Crippen LogP contribution in [0.25, 0.3) is 22.0 Å². The lowest BCUT2D eigenvalue weighted by Crippen LogP contribution is -2.00. The second kappa shape index (κ2) is 4.94. The van der Waals surface area contributed by atoms with Crippen molar-refractivity contribution in [3.05, 3.63) is 54.0 Å². The number of H-pyrrole nitrogens is 1. The van der Waals surface area contributed by atoms with Gasteiger partial charge < -0.3 is 14.8 Å². The molecule has 1 aromatic heterocycles. The molecule has 0 aliphatic carbocycles. The van der Waals surface area contributed by atoms with E-state index in [-0.39, 0.29) is 17.1 Å². The molecule has 0 saturated carbocycles. The lowest BCUT2D eigenvalue weighted by Gasteiger charge is -2.07. The van der Waals surface area contributed by atoms with Gasteiger partial charge in [0.25, 0.3) is 0 Å². The van der Waals surface area contributed by atoms with Gasteiger partial charge in [0.15, 0.2) is 0 Å². The van der Waals surface area contributed by atoms with Crippen LogP contribution in [0.4, 0.5) is 4.39 Å². The highest BCUT2D eigenvalue weighted by Gasteiger charge is 2.14. The third kappa shape index (κ3) is 2.23. The number of nitrogens with one attached hydrogen (secondary N) is 1. The minimum absolute atomic E-state index is 0.104. The summed E-state index contributed by atoms with van der Waals surface area (Å²) in [6.07, 6.45) is 1.76. The molecule has 21 heavy (non-hydrogen) atoms. The number of carboxylic acids is 1. The molecule has 2 N–H and O–H groups in total. The van der Waals surface area contributed by atoms with Crippen LogP contribution in [-0.2, 0) is 0 Å². The van der Waals surface area contributed by atoms with Crippen LogP contribution >= 0.6 is 0 Å². The second-order valence-corrected chi connectivity index (χ2v) is 4.61. The zero-order valence-corrected chi connectivity index (χ0v) is 11.2. The maximum absolute atomic E-state index is 13.2. The number of halogens is 1. The zero-order valence-electron chi connectivity index (χ0n) is 11.2. The molecule has 4 nitrogen and oxygen atoms in total. The summed E-state index contributed by atoms with van der Waals surface area (Å²) in [7, 11) is 1.43. The van der Waals surface area contributed by atoms with Gasteiger partial charge in [-0.1, -0.05) is 6.07 Å². The van der Waals surface area contributed by atoms with Crippen molar-refractivity contribution in [2.24, 2.45) is 0 Å². The number of carboxylic acid groups (broad SMARTS) is 1. The van der Waals surface area contributed by atoms with E-state index in [9.17, 15) is 9.18 Å². The molecule has 2 aromatic carbocycles. The minimum atomic E-state index is -1.04. The van der Waals surface area contributed by atoms with E-state index in [2.05, 4.69) is 4.98 Å².